The molecular formula is C25H27F4N3O6S. The molecule has 4 rings (SSSR count). The first-order valence-corrected chi connectivity index (χ1v) is 13.5. The van der Waals surface area contributed by atoms with E-state index in [0.29, 0.717) is 13.8 Å². The van der Waals surface area contributed by atoms with Crippen molar-refractivity contribution in [2.24, 2.45) is 5.92 Å². The van der Waals surface area contributed by atoms with Crippen LogP contribution in [0.5, 0.6) is 5.75 Å². The summed E-state index contributed by atoms with van der Waals surface area (Å²) in [6.45, 7) is 2.49. The van der Waals surface area contributed by atoms with Gasteiger partial charge in [-0.1, -0.05) is 0 Å². The minimum atomic E-state index is -4.82. The number of hydrogen-bond acceptors (Lipinski definition) is 6. The molecule has 0 radical (unpaired) electrons. The van der Waals surface area contributed by atoms with Gasteiger partial charge in [0.1, 0.15) is 17.7 Å². The third-order valence-electron chi connectivity index (χ3n) is 6.43. The molecule has 2 amide bonds. The molecule has 1 unspecified atom stereocenters. The van der Waals surface area contributed by atoms with E-state index >= 15 is 0 Å². The Morgan fingerprint density at radius 3 is 2.31 bits per heavy atom. The first kappa shape index (κ1) is 28.5. The fourth-order valence-electron chi connectivity index (χ4n) is 4.14. The van der Waals surface area contributed by atoms with Crippen molar-refractivity contribution in [3.63, 3.8) is 0 Å². The molecule has 0 bridgehead atoms. The Morgan fingerprint density at radius 2 is 1.74 bits per heavy atom. The average Bonchev–Trinajstić information content (AvgIpc) is 3.66. The average molecular weight is 574 g/mol. The molecule has 14 heteroatoms. The lowest BCUT2D eigenvalue weighted by atomic mass is 10.0. The smallest absolute Gasteiger partial charge is 0.427 e. The van der Waals surface area contributed by atoms with Crippen LogP contribution in [-0.4, -0.2) is 50.9 Å². The van der Waals surface area contributed by atoms with E-state index in [0.717, 1.165) is 41.4 Å². The van der Waals surface area contributed by atoms with Crippen LogP contribution in [0.4, 0.5) is 33.7 Å². The predicted molar refractivity (Wildman–Crippen MR) is 132 cm³/mol. The number of sulfonamides is 1. The molecule has 1 aliphatic heterocycles. The number of nitrogens with zero attached hydrogens (tertiary/aromatic N) is 1. The molecule has 0 aromatic heterocycles. The maximum atomic E-state index is 13.7. The summed E-state index contributed by atoms with van der Waals surface area (Å²) in [4.78, 5) is 23.9. The summed E-state index contributed by atoms with van der Waals surface area (Å²) in [5, 5.41) is 5.02. The van der Waals surface area contributed by atoms with E-state index in [9.17, 15) is 35.6 Å². The van der Waals surface area contributed by atoms with Crippen LogP contribution in [0.1, 0.15) is 33.6 Å². The predicted octanol–water partition coefficient (Wildman–Crippen LogP) is 4.59. The van der Waals surface area contributed by atoms with Gasteiger partial charge in [-0.05, 0) is 75.1 Å². The Morgan fingerprint density at radius 1 is 1.10 bits per heavy atom. The number of halogens is 4. The number of amides is 2. The number of carbonyl (C=O) groups is 2. The molecule has 2 N–H and O–H groups in total. The highest BCUT2D eigenvalue weighted by atomic mass is 32.2. The van der Waals surface area contributed by atoms with E-state index in [2.05, 4.69) is 15.4 Å². The van der Waals surface area contributed by atoms with Gasteiger partial charge in [0.15, 0.2) is 0 Å². The Kier molecular flexibility index (Phi) is 7.45. The van der Waals surface area contributed by atoms with E-state index in [4.69, 9.17) is 4.74 Å². The van der Waals surface area contributed by atoms with Crippen LogP contribution >= 0.6 is 0 Å². The van der Waals surface area contributed by atoms with E-state index in [1.807, 2.05) is 0 Å². The molecule has 212 valence electrons. The lowest BCUT2D eigenvalue weighted by molar-refractivity contribution is -0.242. The van der Waals surface area contributed by atoms with Crippen LogP contribution in [0.2, 0.25) is 0 Å². The number of fused-ring (bicyclic) bond motifs is 1. The normalized spacial score (nSPS) is 18.4. The standard InChI is InChI=1S/C25H27F4N3O6S/c1-14(33)30-22(15-4-5-15)21-13-32(39(35,36)18-9-6-16(26)7-10-18)19-12-17(8-11-20(19)37-21)31-23(34)38-24(2,3)25(27,28)29/h6-12,15,21-22H,4-5,13H2,1-3H3,(H,30,33)(H,31,34)/t21-,22?/m1/s1. The third-order valence-corrected chi connectivity index (χ3v) is 8.22. The van der Waals surface area contributed by atoms with Gasteiger partial charge in [-0.15, -0.1) is 0 Å². The number of rotatable bonds is 7. The van der Waals surface area contributed by atoms with Gasteiger partial charge in [0.2, 0.25) is 11.5 Å². The van der Waals surface area contributed by atoms with Crippen LogP contribution in [0.15, 0.2) is 47.4 Å². The molecule has 0 saturated heterocycles. The highest BCUT2D eigenvalue weighted by Gasteiger charge is 2.51. The summed E-state index contributed by atoms with van der Waals surface area (Å²) in [6, 6.07) is 7.59. The van der Waals surface area contributed by atoms with Gasteiger partial charge in [0.05, 0.1) is 23.2 Å². The zero-order chi connectivity index (χ0) is 28.8. The molecule has 9 nitrogen and oxygen atoms in total. The number of nitrogens with one attached hydrogen (secondary N) is 2. The Hall–Kier alpha value is -3.55. The van der Waals surface area contributed by atoms with Crippen molar-refractivity contribution in [2.45, 2.75) is 62.4 Å². The first-order valence-electron chi connectivity index (χ1n) is 12.0. The van der Waals surface area contributed by atoms with E-state index in [1.54, 1.807) is 0 Å². The SMILES string of the molecule is CC(=O)NC(C1CC1)[C@H]1CN(S(=O)(=O)c2ccc(F)cc2)c2cc(NC(=O)OC(C)(C)C(F)(F)F)ccc2O1. The maximum Gasteiger partial charge on any atom is 0.427 e. The van der Waals surface area contributed by atoms with Crippen molar-refractivity contribution in [3.8, 4) is 5.75 Å². The highest BCUT2D eigenvalue weighted by molar-refractivity contribution is 7.92. The van der Waals surface area contributed by atoms with Crippen molar-refractivity contribution in [1.82, 2.24) is 5.32 Å². The second-order valence-corrected chi connectivity index (χ2v) is 11.8. The summed E-state index contributed by atoms with van der Waals surface area (Å²) in [5.74, 6) is -0.763. The molecule has 1 saturated carbocycles. The summed E-state index contributed by atoms with van der Waals surface area (Å²) >= 11 is 0. The van der Waals surface area contributed by atoms with Gasteiger partial charge >= 0.3 is 12.3 Å². The van der Waals surface area contributed by atoms with Gasteiger partial charge < -0.3 is 14.8 Å². The fourth-order valence-corrected chi connectivity index (χ4v) is 5.62. The quantitative estimate of drug-likeness (QED) is 0.469. The van der Waals surface area contributed by atoms with E-state index < -0.39 is 45.9 Å². The van der Waals surface area contributed by atoms with Crippen LogP contribution in [0.3, 0.4) is 0 Å². The number of ether oxygens (including phenoxy) is 2. The molecule has 39 heavy (non-hydrogen) atoms. The minimum Gasteiger partial charge on any atom is -0.484 e. The third kappa shape index (κ3) is 6.21. The molecule has 1 fully saturated rings. The molecular weight excluding hydrogens is 546 g/mol. The summed E-state index contributed by atoms with van der Waals surface area (Å²) < 4.78 is 91.9. The van der Waals surface area contributed by atoms with Crippen LogP contribution in [-0.2, 0) is 19.6 Å². The van der Waals surface area contributed by atoms with Gasteiger partial charge in [-0.2, -0.15) is 13.2 Å². The van der Waals surface area contributed by atoms with Gasteiger partial charge in [0.25, 0.3) is 10.0 Å². The number of alkyl halides is 3. The lowest BCUT2D eigenvalue weighted by Gasteiger charge is -2.39. The Bertz CT molecular complexity index is 1360. The highest BCUT2D eigenvalue weighted by Crippen LogP contribution is 2.43. The largest absolute Gasteiger partial charge is 0.484 e. The second kappa shape index (κ2) is 10.2. The fraction of sp³-hybridized carbons (Fsp3) is 0.440. The number of benzene rings is 2. The molecule has 1 aliphatic carbocycles. The van der Waals surface area contributed by atoms with Gasteiger partial charge in [-0.3, -0.25) is 14.4 Å². The number of carbonyl (C=O) groups excluding carboxylic acids is 2. The summed E-state index contributed by atoms with van der Waals surface area (Å²) in [6.07, 6.45) is -5.36. The van der Waals surface area contributed by atoms with Crippen LogP contribution in [0, 0.1) is 11.7 Å². The van der Waals surface area contributed by atoms with E-state index in [1.165, 1.54) is 25.1 Å². The van der Waals surface area contributed by atoms with Gasteiger partial charge in [-0.25, -0.2) is 17.6 Å². The number of hydrogen-bond donors (Lipinski definition) is 2. The summed E-state index contributed by atoms with van der Waals surface area (Å²) in [7, 11) is -4.30. The van der Waals surface area contributed by atoms with Gasteiger partial charge in [0, 0.05) is 12.6 Å². The summed E-state index contributed by atoms with van der Waals surface area (Å²) in [5.41, 5.74) is -2.85. The topological polar surface area (TPSA) is 114 Å². The van der Waals surface area contributed by atoms with Crippen molar-refractivity contribution < 1.29 is 45.0 Å². The Labute approximate surface area is 222 Å². The molecule has 2 aromatic carbocycles. The first-order chi connectivity index (χ1) is 18.1. The van der Waals surface area contributed by atoms with Crippen LogP contribution in [0.25, 0.3) is 0 Å². The monoisotopic (exact) mass is 573 g/mol. The van der Waals surface area contributed by atoms with Crippen molar-refractivity contribution in [2.75, 3.05) is 16.2 Å². The number of anilines is 2. The van der Waals surface area contributed by atoms with Crippen molar-refractivity contribution in [1.29, 1.82) is 0 Å². The molecule has 1 heterocycles. The van der Waals surface area contributed by atoms with Crippen molar-refractivity contribution in [3.05, 3.63) is 48.3 Å². The van der Waals surface area contributed by atoms with E-state index in [-0.39, 0.29) is 40.4 Å². The van der Waals surface area contributed by atoms with Crippen molar-refractivity contribution >= 4 is 33.4 Å². The molecule has 0 spiro atoms. The zero-order valence-electron chi connectivity index (χ0n) is 21.2. The minimum absolute atomic E-state index is 0.0131. The molecule has 2 aliphatic rings. The van der Waals surface area contributed by atoms with Crippen LogP contribution < -0.4 is 19.7 Å². The Balaban J connectivity index is 1.69. The lowest BCUT2D eigenvalue weighted by Crippen LogP contribution is -2.55. The molecule has 2 aromatic rings. The zero-order valence-corrected chi connectivity index (χ0v) is 22.0. The maximum absolute atomic E-state index is 13.7. The molecule has 2 atom stereocenters. The second-order valence-electron chi connectivity index (χ2n) is 9.92.